The molecule has 2 aromatic rings. The third-order valence-corrected chi connectivity index (χ3v) is 2.45. The van der Waals surface area contributed by atoms with Crippen LogP contribution in [0.1, 0.15) is 15.9 Å². The number of aldehydes is 1. The summed E-state index contributed by atoms with van der Waals surface area (Å²) in [5.41, 5.74) is 1.18. The number of hydrogen-bond acceptors (Lipinski definition) is 3. The molecule has 0 saturated heterocycles. The Bertz CT molecular complexity index is 547. The summed E-state index contributed by atoms with van der Waals surface area (Å²) in [6.45, 7) is -0.0109. The minimum absolute atomic E-state index is 0.0109. The molecule has 0 aliphatic heterocycles. The summed E-state index contributed by atoms with van der Waals surface area (Å²) >= 11 is 0. The van der Waals surface area contributed by atoms with Crippen LogP contribution in [0.5, 0.6) is 5.75 Å². The van der Waals surface area contributed by atoms with Gasteiger partial charge in [0, 0.05) is 11.1 Å². The zero-order valence-electron chi connectivity index (χ0n) is 9.71. The lowest BCUT2D eigenvalue weighted by Gasteiger charge is -2.05. The van der Waals surface area contributed by atoms with E-state index < -0.39 is 0 Å². The van der Waals surface area contributed by atoms with Gasteiger partial charge >= 0.3 is 0 Å². The highest BCUT2D eigenvalue weighted by Crippen LogP contribution is 2.16. The van der Waals surface area contributed by atoms with E-state index in [0.717, 1.165) is 0 Å². The Balaban J connectivity index is 2.23. The van der Waals surface area contributed by atoms with Gasteiger partial charge in [-0.05, 0) is 12.1 Å². The van der Waals surface area contributed by atoms with Crippen molar-refractivity contribution in [2.75, 3.05) is 6.61 Å². The fourth-order valence-corrected chi connectivity index (χ4v) is 1.61. The Kier molecular flexibility index (Phi) is 3.86. The summed E-state index contributed by atoms with van der Waals surface area (Å²) in [7, 11) is 0. The van der Waals surface area contributed by atoms with Crippen molar-refractivity contribution in [2.24, 2.45) is 0 Å². The highest BCUT2D eigenvalue weighted by molar-refractivity contribution is 6.09. The molecular formula is C15H12O3. The van der Waals surface area contributed by atoms with E-state index in [9.17, 15) is 9.59 Å². The second-order valence-electron chi connectivity index (χ2n) is 3.70. The summed E-state index contributed by atoms with van der Waals surface area (Å²) < 4.78 is 5.16. The van der Waals surface area contributed by atoms with Crippen molar-refractivity contribution in [3.63, 3.8) is 0 Å². The largest absolute Gasteiger partial charge is 0.486 e. The van der Waals surface area contributed by atoms with Crippen molar-refractivity contribution < 1.29 is 14.3 Å². The highest BCUT2D eigenvalue weighted by atomic mass is 16.5. The van der Waals surface area contributed by atoms with E-state index in [0.29, 0.717) is 23.2 Å². The first kappa shape index (κ1) is 12.0. The molecule has 0 atom stereocenters. The second kappa shape index (κ2) is 5.77. The maximum atomic E-state index is 12.1. The van der Waals surface area contributed by atoms with Crippen LogP contribution in [0, 0.1) is 0 Å². The van der Waals surface area contributed by atoms with Crippen LogP contribution in [-0.2, 0) is 4.79 Å². The van der Waals surface area contributed by atoms with E-state index in [2.05, 4.69) is 0 Å². The molecule has 0 N–H and O–H groups in total. The number of carbonyl (C=O) groups is 2. The Labute approximate surface area is 105 Å². The number of rotatable bonds is 5. The zero-order chi connectivity index (χ0) is 12.8. The minimum Gasteiger partial charge on any atom is -0.486 e. The molecule has 18 heavy (non-hydrogen) atoms. The summed E-state index contributed by atoms with van der Waals surface area (Å²) in [5.74, 6) is 0.455. The van der Waals surface area contributed by atoms with Crippen molar-refractivity contribution in [1.29, 1.82) is 0 Å². The standard InChI is InChI=1S/C15H12O3/c16-9-10-18-14-8-4-7-13(11-14)15(17)12-5-2-1-3-6-12/h1-9,11H,10H2. The van der Waals surface area contributed by atoms with Gasteiger partial charge < -0.3 is 4.74 Å². The molecule has 0 radical (unpaired) electrons. The van der Waals surface area contributed by atoms with E-state index >= 15 is 0 Å². The molecule has 0 aliphatic rings. The average molecular weight is 240 g/mol. The first-order valence-corrected chi connectivity index (χ1v) is 5.57. The topological polar surface area (TPSA) is 43.4 Å². The van der Waals surface area contributed by atoms with Crippen LogP contribution in [0.25, 0.3) is 0 Å². The Hall–Kier alpha value is -2.42. The lowest BCUT2D eigenvalue weighted by Crippen LogP contribution is -2.02. The fourth-order valence-electron chi connectivity index (χ4n) is 1.61. The van der Waals surface area contributed by atoms with Crippen LogP contribution in [0.3, 0.4) is 0 Å². The first-order chi connectivity index (χ1) is 8.81. The van der Waals surface area contributed by atoms with Crippen molar-refractivity contribution in [3.8, 4) is 5.75 Å². The molecule has 0 heterocycles. The molecule has 0 bridgehead atoms. The van der Waals surface area contributed by atoms with Gasteiger partial charge in [0.15, 0.2) is 12.1 Å². The van der Waals surface area contributed by atoms with Gasteiger partial charge in [-0.2, -0.15) is 0 Å². The SMILES string of the molecule is O=CCOc1cccc(C(=O)c2ccccc2)c1. The monoisotopic (exact) mass is 240 g/mol. The summed E-state index contributed by atoms with van der Waals surface area (Å²) in [4.78, 5) is 22.4. The van der Waals surface area contributed by atoms with Gasteiger partial charge in [0.05, 0.1) is 0 Å². The minimum atomic E-state index is -0.0628. The van der Waals surface area contributed by atoms with Crippen LogP contribution in [0.4, 0.5) is 0 Å². The van der Waals surface area contributed by atoms with E-state index in [4.69, 9.17) is 4.74 Å². The van der Waals surface area contributed by atoms with Crippen LogP contribution in [0.2, 0.25) is 0 Å². The molecule has 2 aromatic carbocycles. The second-order valence-corrected chi connectivity index (χ2v) is 3.70. The number of carbonyl (C=O) groups excluding carboxylic acids is 2. The number of ether oxygens (including phenoxy) is 1. The van der Waals surface area contributed by atoms with Crippen LogP contribution >= 0.6 is 0 Å². The van der Waals surface area contributed by atoms with Crippen LogP contribution in [-0.4, -0.2) is 18.7 Å². The molecule has 2 rings (SSSR count). The Morgan fingerprint density at radius 2 is 1.72 bits per heavy atom. The molecule has 0 unspecified atom stereocenters. The average Bonchev–Trinajstić information content (AvgIpc) is 2.45. The lowest BCUT2D eigenvalue weighted by atomic mass is 10.0. The van der Waals surface area contributed by atoms with E-state index in [-0.39, 0.29) is 12.4 Å². The predicted octanol–water partition coefficient (Wildman–Crippen LogP) is 2.50. The van der Waals surface area contributed by atoms with Gasteiger partial charge in [-0.3, -0.25) is 9.59 Å². The third-order valence-electron chi connectivity index (χ3n) is 2.45. The highest BCUT2D eigenvalue weighted by Gasteiger charge is 2.08. The van der Waals surface area contributed by atoms with Gasteiger partial charge in [0.1, 0.15) is 12.4 Å². The van der Waals surface area contributed by atoms with Crippen molar-refractivity contribution in [2.45, 2.75) is 0 Å². The molecule has 90 valence electrons. The zero-order valence-corrected chi connectivity index (χ0v) is 9.71. The summed E-state index contributed by atoms with van der Waals surface area (Å²) in [6.07, 6.45) is 0.672. The molecule has 3 nitrogen and oxygen atoms in total. The van der Waals surface area contributed by atoms with Gasteiger partial charge in [0.25, 0.3) is 0 Å². The number of benzene rings is 2. The smallest absolute Gasteiger partial charge is 0.193 e. The van der Waals surface area contributed by atoms with E-state index in [1.165, 1.54) is 0 Å². The van der Waals surface area contributed by atoms with E-state index in [1.807, 2.05) is 18.2 Å². The molecule has 0 amide bonds. The first-order valence-electron chi connectivity index (χ1n) is 5.57. The molecule has 0 aromatic heterocycles. The molecule has 0 fully saturated rings. The molecule has 0 saturated carbocycles. The van der Waals surface area contributed by atoms with Crippen molar-refractivity contribution in [1.82, 2.24) is 0 Å². The normalized spacial score (nSPS) is 9.78. The quantitative estimate of drug-likeness (QED) is 0.595. The van der Waals surface area contributed by atoms with Crippen LogP contribution in [0.15, 0.2) is 54.6 Å². The van der Waals surface area contributed by atoms with Gasteiger partial charge in [-0.1, -0.05) is 42.5 Å². The molecular weight excluding hydrogens is 228 g/mol. The van der Waals surface area contributed by atoms with E-state index in [1.54, 1.807) is 36.4 Å². The van der Waals surface area contributed by atoms with Crippen molar-refractivity contribution in [3.05, 3.63) is 65.7 Å². The Morgan fingerprint density at radius 1 is 1.00 bits per heavy atom. The van der Waals surface area contributed by atoms with Gasteiger partial charge in [-0.25, -0.2) is 0 Å². The van der Waals surface area contributed by atoms with Crippen LogP contribution < -0.4 is 4.74 Å². The maximum absolute atomic E-state index is 12.1. The maximum Gasteiger partial charge on any atom is 0.193 e. The predicted molar refractivity (Wildman–Crippen MR) is 67.9 cm³/mol. The third kappa shape index (κ3) is 2.83. The van der Waals surface area contributed by atoms with Gasteiger partial charge in [0.2, 0.25) is 0 Å². The number of hydrogen-bond donors (Lipinski definition) is 0. The lowest BCUT2D eigenvalue weighted by molar-refractivity contribution is -0.109. The van der Waals surface area contributed by atoms with Gasteiger partial charge in [-0.15, -0.1) is 0 Å². The summed E-state index contributed by atoms with van der Waals surface area (Å²) in [5, 5.41) is 0. The summed E-state index contributed by atoms with van der Waals surface area (Å²) in [6, 6.07) is 15.8. The molecule has 0 aliphatic carbocycles. The Morgan fingerprint density at radius 3 is 2.44 bits per heavy atom. The molecule has 3 heteroatoms. The molecule has 0 spiro atoms. The number of ketones is 1. The van der Waals surface area contributed by atoms with Crippen molar-refractivity contribution >= 4 is 12.1 Å². The fraction of sp³-hybridized carbons (Fsp3) is 0.0667.